The molecule has 1 amide bonds. The lowest BCUT2D eigenvalue weighted by atomic mass is 10.0. The van der Waals surface area contributed by atoms with Gasteiger partial charge in [0.05, 0.1) is 6.10 Å². The summed E-state index contributed by atoms with van der Waals surface area (Å²) in [5, 5.41) is 6.21. The van der Waals surface area contributed by atoms with Crippen LogP contribution in [0.15, 0.2) is 24.3 Å². The molecule has 2 unspecified atom stereocenters. The molecule has 1 aromatic rings. The SMILES string of the molecule is COCCCNC(=O)C(C)OC1CNc2ccccc2C1. The average Bonchev–Trinajstić information content (AvgIpc) is 2.51. The lowest BCUT2D eigenvalue weighted by Crippen LogP contribution is -2.40. The van der Waals surface area contributed by atoms with Crippen LogP contribution in [-0.4, -0.2) is 44.9 Å². The zero-order valence-electron chi connectivity index (χ0n) is 12.7. The van der Waals surface area contributed by atoms with E-state index in [9.17, 15) is 4.79 Å². The van der Waals surface area contributed by atoms with Crippen molar-refractivity contribution in [2.75, 3.05) is 32.1 Å². The molecule has 2 rings (SSSR count). The second-order valence-electron chi connectivity index (χ2n) is 5.28. The summed E-state index contributed by atoms with van der Waals surface area (Å²) in [4.78, 5) is 11.9. The van der Waals surface area contributed by atoms with Crippen LogP contribution in [0.25, 0.3) is 0 Å². The predicted molar refractivity (Wildman–Crippen MR) is 82.5 cm³/mol. The molecule has 2 atom stereocenters. The smallest absolute Gasteiger partial charge is 0.248 e. The number of fused-ring (bicyclic) bond motifs is 1. The van der Waals surface area contributed by atoms with Crippen LogP contribution in [0.4, 0.5) is 5.69 Å². The molecule has 0 spiro atoms. The quantitative estimate of drug-likeness (QED) is 0.749. The normalized spacial score (nSPS) is 18.5. The fourth-order valence-electron chi connectivity index (χ4n) is 2.43. The van der Waals surface area contributed by atoms with Gasteiger partial charge in [-0.2, -0.15) is 0 Å². The second kappa shape index (κ2) is 8.00. The van der Waals surface area contributed by atoms with Gasteiger partial charge in [-0.1, -0.05) is 18.2 Å². The first-order chi connectivity index (χ1) is 10.2. The van der Waals surface area contributed by atoms with Gasteiger partial charge in [0.1, 0.15) is 6.10 Å². The van der Waals surface area contributed by atoms with Gasteiger partial charge in [-0.3, -0.25) is 4.79 Å². The van der Waals surface area contributed by atoms with Crippen LogP contribution in [0.3, 0.4) is 0 Å². The largest absolute Gasteiger partial charge is 0.385 e. The van der Waals surface area contributed by atoms with E-state index in [1.165, 1.54) is 5.56 Å². The Hall–Kier alpha value is -1.59. The number of amides is 1. The molecule has 0 aliphatic carbocycles. The van der Waals surface area contributed by atoms with E-state index in [-0.39, 0.29) is 12.0 Å². The highest BCUT2D eigenvalue weighted by Gasteiger charge is 2.23. The number of rotatable bonds is 7. The molecule has 0 saturated carbocycles. The number of benzene rings is 1. The van der Waals surface area contributed by atoms with Gasteiger partial charge in [0.25, 0.3) is 0 Å². The molecule has 0 aromatic heterocycles. The molecular weight excluding hydrogens is 268 g/mol. The Bertz CT molecular complexity index is 465. The Morgan fingerprint density at radius 2 is 2.29 bits per heavy atom. The van der Waals surface area contributed by atoms with Gasteiger partial charge in [-0.15, -0.1) is 0 Å². The number of carbonyl (C=O) groups is 1. The highest BCUT2D eigenvalue weighted by Crippen LogP contribution is 2.22. The van der Waals surface area contributed by atoms with Crippen molar-refractivity contribution in [3.8, 4) is 0 Å². The van der Waals surface area contributed by atoms with E-state index in [1.807, 2.05) is 12.1 Å². The summed E-state index contributed by atoms with van der Waals surface area (Å²) < 4.78 is 10.8. The lowest BCUT2D eigenvalue weighted by Gasteiger charge is -2.28. The van der Waals surface area contributed by atoms with Gasteiger partial charge in [0, 0.05) is 38.9 Å². The van der Waals surface area contributed by atoms with Crippen LogP contribution in [0.5, 0.6) is 0 Å². The van der Waals surface area contributed by atoms with E-state index >= 15 is 0 Å². The highest BCUT2D eigenvalue weighted by atomic mass is 16.5. The maximum absolute atomic E-state index is 11.9. The summed E-state index contributed by atoms with van der Waals surface area (Å²) in [6, 6.07) is 8.20. The van der Waals surface area contributed by atoms with Crippen molar-refractivity contribution in [2.24, 2.45) is 0 Å². The van der Waals surface area contributed by atoms with Crippen molar-refractivity contribution in [1.29, 1.82) is 0 Å². The molecule has 116 valence electrons. The van der Waals surface area contributed by atoms with E-state index in [1.54, 1.807) is 14.0 Å². The summed E-state index contributed by atoms with van der Waals surface area (Å²) in [5.41, 5.74) is 2.40. The van der Waals surface area contributed by atoms with Crippen LogP contribution in [0.2, 0.25) is 0 Å². The van der Waals surface area contributed by atoms with Crippen molar-refractivity contribution in [2.45, 2.75) is 32.0 Å². The minimum absolute atomic E-state index is 0.0274. The Morgan fingerprint density at radius 1 is 1.48 bits per heavy atom. The fourth-order valence-corrected chi connectivity index (χ4v) is 2.43. The Morgan fingerprint density at radius 3 is 3.10 bits per heavy atom. The van der Waals surface area contributed by atoms with Crippen LogP contribution in [0, 0.1) is 0 Å². The monoisotopic (exact) mass is 292 g/mol. The highest BCUT2D eigenvalue weighted by molar-refractivity contribution is 5.80. The molecule has 1 aromatic carbocycles. The molecule has 1 heterocycles. The maximum atomic E-state index is 11.9. The number of nitrogens with one attached hydrogen (secondary N) is 2. The van der Waals surface area contributed by atoms with E-state index in [4.69, 9.17) is 9.47 Å². The van der Waals surface area contributed by atoms with E-state index in [0.29, 0.717) is 13.2 Å². The van der Waals surface area contributed by atoms with Gasteiger partial charge in [-0.25, -0.2) is 0 Å². The third-order valence-corrected chi connectivity index (χ3v) is 3.58. The van der Waals surface area contributed by atoms with Crippen molar-refractivity contribution in [3.63, 3.8) is 0 Å². The molecule has 1 aliphatic rings. The van der Waals surface area contributed by atoms with Crippen molar-refractivity contribution in [1.82, 2.24) is 5.32 Å². The van der Waals surface area contributed by atoms with Crippen LogP contribution < -0.4 is 10.6 Å². The molecule has 0 fully saturated rings. The number of carbonyl (C=O) groups excluding carboxylic acids is 1. The number of methoxy groups -OCH3 is 1. The Balaban J connectivity index is 1.76. The van der Waals surface area contributed by atoms with Crippen molar-refractivity contribution >= 4 is 11.6 Å². The summed E-state index contributed by atoms with van der Waals surface area (Å²) in [6.45, 7) is 3.80. The number of ether oxygens (including phenoxy) is 2. The molecular formula is C16H24N2O3. The fraction of sp³-hybridized carbons (Fsp3) is 0.562. The van der Waals surface area contributed by atoms with Gasteiger partial charge >= 0.3 is 0 Å². The van der Waals surface area contributed by atoms with Gasteiger partial charge in [-0.05, 0) is 25.0 Å². The topological polar surface area (TPSA) is 59.6 Å². The van der Waals surface area contributed by atoms with Crippen LogP contribution in [0.1, 0.15) is 18.9 Å². The zero-order chi connectivity index (χ0) is 15.1. The van der Waals surface area contributed by atoms with Gasteiger partial charge in [0.2, 0.25) is 5.91 Å². The molecule has 0 saturated heterocycles. The zero-order valence-corrected chi connectivity index (χ0v) is 12.7. The summed E-state index contributed by atoms with van der Waals surface area (Å²) >= 11 is 0. The second-order valence-corrected chi connectivity index (χ2v) is 5.28. The van der Waals surface area contributed by atoms with E-state index < -0.39 is 6.10 Å². The van der Waals surface area contributed by atoms with Crippen LogP contribution in [-0.2, 0) is 20.7 Å². The first kappa shape index (κ1) is 15.8. The standard InChI is InChI=1S/C16H24N2O3/c1-12(16(19)17-8-5-9-20-2)21-14-10-13-6-3-4-7-15(13)18-11-14/h3-4,6-7,12,14,18H,5,8-11H2,1-2H3,(H,17,19). The first-order valence-corrected chi connectivity index (χ1v) is 7.44. The van der Waals surface area contributed by atoms with Gasteiger partial charge in [0.15, 0.2) is 0 Å². The Kier molecular flexibility index (Phi) is 6.02. The van der Waals surface area contributed by atoms with Crippen LogP contribution >= 0.6 is 0 Å². The van der Waals surface area contributed by atoms with Crippen molar-refractivity contribution in [3.05, 3.63) is 29.8 Å². The number of para-hydroxylation sites is 1. The predicted octanol–water partition coefficient (Wildman–Crippen LogP) is 1.58. The third kappa shape index (κ3) is 4.72. The minimum atomic E-state index is -0.440. The summed E-state index contributed by atoms with van der Waals surface area (Å²) in [6.07, 6.45) is 1.24. The minimum Gasteiger partial charge on any atom is -0.385 e. The third-order valence-electron chi connectivity index (χ3n) is 3.58. The molecule has 0 bridgehead atoms. The molecule has 1 aliphatic heterocycles. The van der Waals surface area contributed by atoms with E-state index in [0.717, 1.165) is 25.1 Å². The lowest BCUT2D eigenvalue weighted by molar-refractivity contribution is -0.134. The number of hydrogen-bond donors (Lipinski definition) is 2. The molecule has 21 heavy (non-hydrogen) atoms. The number of hydrogen-bond acceptors (Lipinski definition) is 4. The molecule has 2 N–H and O–H groups in total. The molecule has 5 heteroatoms. The maximum Gasteiger partial charge on any atom is 0.248 e. The summed E-state index contributed by atoms with van der Waals surface area (Å²) in [5.74, 6) is -0.0649. The van der Waals surface area contributed by atoms with Gasteiger partial charge < -0.3 is 20.1 Å². The first-order valence-electron chi connectivity index (χ1n) is 7.44. The van der Waals surface area contributed by atoms with E-state index in [2.05, 4.69) is 22.8 Å². The molecule has 5 nitrogen and oxygen atoms in total. The Labute approximate surface area is 126 Å². The average molecular weight is 292 g/mol. The molecule has 0 radical (unpaired) electrons. The number of anilines is 1. The summed E-state index contributed by atoms with van der Waals surface area (Å²) in [7, 11) is 1.65. The van der Waals surface area contributed by atoms with Crippen molar-refractivity contribution < 1.29 is 14.3 Å².